The van der Waals surface area contributed by atoms with Crippen LogP contribution in [0.1, 0.15) is 6.42 Å². The first-order chi connectivity index (χ1) is 9.93. The fourth-order valence-corrected chi connectivity index (χ4v) is 3.29. The highest BCUT2D eigenvalue weighted by molar-refractivity contribution is 9.10. The number of halogens is 4. The van der Waals surface area contributed by atoms with Gasteiger partial charge in [-0.2, -0.15) is 13.2 Å². The van der Waals surface area contributed by atoms with Gasteiger partial charge in [0.25, 0.3) is 0 Å². The lowest BCUT2D eigenvalue weighted by atomic mass is 10.2. The van der Waals surface area contributed by atoms with Crippen molar-refractivity contribution in [1.29, 1.82) is 0 Å². The fraction of sp³-hybridized carbons (Fsp3) is 0.600. The molecular formula is C15H18BrF3N2. The number of piperazine rings is 1. The summed E-state index contributed by atoms with van der Waals surface area (Å²) in [7, 11) is 0. The molecule has 2 aliphatic rings. The molecular weight excluding hydrogens is 345 g/mol. The Labute approximate surface area is 131 Å². The van der Waals surface area contributed by atoms with Gasteiger partial charge >= 0.3 is 6.18 Å². The average molecular weight is 363 g/mol. The van der Waals surface area contributed by atoms with Gasteiger partial charge in [0.1, 0.15) is 0 Å². The number of rotatable bonds is 3. The third-order valence-corrected chi connectivity index (χ3v) is 4.93. The second-order valence-electron chi connectivity index (χ2n) is 5.91. The molecule has 2 nitrogen and oxygen atoms in total. The van der Waals surface area contributed by atoms with Gasteiger partial charge in [-0.1, -0.05) is 15.9 Å². The van der Waals surface area contributed by atoms with Gasteiger partial charge in [0.2, 0.25) is 0 Å². The van der Waals surface area contributed by atoms with Crippen molar-refractivity contribution in [2.75, 3.05) is 37.6 Å². The Morgan fingerprint density at radius 1 is 1.05 bits per heavy atom. The Morgan fingerprint density at radius 2 is 1.67 bits per heavy atom. The van der Waals surface area contributed by atoms with Gasteiger partial charge in [-0.3, -0.25) is 4.90 Å². The molecule has 1 saturated carbocycles. The fourth-order valence-electron chi connectivity index (χ4n) is 3.02. The molecule has 1 aliphatic carbocycles. The van der Waals surface area contributed by atoms with Gasteiger partial charge in [0.05, 0.1) is 5.92 Å². The van der Waals surface area contributed by atoms with Crippen LogP contribution in [0.3, 0.4) is 0 Å². The predicted octanol–water partition coefficient (Wildman–Crippen LogP) is 3.77. The summed E-state index contributed by atoms with van der Waals surface area (Å²) in [5.41, 5.74) is 1.18. The van der Waals surface area contributed by atoms with Crippen LogP contribution in [0.5, 0.6) is 0 Å². The molecule has 6 heteroatoms. The van der Waals surface area contributed by atoms with E-state index in [4.69, 9.17) is 0 Å². The van der Waals surface area contributed by atoms with Gasteiger partial charge < -0.3 is 4.90 Å². The van der Waals surface area contributed by atoms with Crippen molar-refractivity contribution in [1.82, 2.24) is 4.90 Å². The van der Waals surface area contributed by atoms with Gasteiger partial charge in [0, 0.05) is 42.9 Å². The Hall–Kier alpha value is -0.750. The van der Waals surface area contributed by atoms with Crippen molar-refractivity contribution in [3.05, 3.63) is 28.7 Å². The SMILES string of the molecule is FC(F)(F)C1CC1CN1CCN(c2ccc(Br)cc2)CC1. The highest BCUT2D eigenvalue weighted by atomic mass is 79.9. The quantitative estimate of drug-likeness (QED) is 0.807. The molecule has 2 atom stereocenters. The Bertz CT molecular complexity index is 481. The molecule has 0 bridgehead atoms. The first-order valence-corrected chi connectivity index (χ1v) is 8.02. The van der Waals surface area contributed by atoms with Gasteiger partial charge in [0.15, 0.2) is 0 Å². The van der Waals surface area contributed by atoms with Crippen LogP contribution in [-0.2, 0) is 0 Å². The summed E-state index contributed by atoms with van der Waals surface area (Å²) in [4.78, 5) is 4.46. The third-order valence-electron chi connectivity index (χ3n) is 4.40. The molecule has 1 saturated heterocycles. The molecule has 21 heavy (non-hydrogen) atoms. The van der Waals surface area contributed by atoms with Crippen LogP contribution in [0.25, 0.3) is 0 Å². The highest BCUT2D eigenvalue weighted by Gasteiger charge is 2.55. The molecule has 2 fully saturated rings. The van der Waals surface area contributed by atoms with E-state index in [1.807, 2.05) is 12.1 Å². The Morgan fingerprint density at radius 3 is 2.19 bits per heavy atom. The molecule has 0 spiro atoms. The summed E-state index contributed by atoms with van der Waals surface area (Å²) in [6, 6.07) is 8.17. The largest absolute Gasteiger partial charge is 0.392 e. The van der Waals surface area contributed by atoms with E-state index in [0.29, 0.717) is 13.0 Å². The normalized spacial score (nSPS) is 27.0. The van der Waals surface area contributed by atoms with Gasteiger partial charge in [-0.25, -0.2) is 0 Å². The lowest BCUT2D eigenvalue weighted by molar-refractivity contribution is -0.151. The topological polar surface area (TPSA) is 6.48 Å². The average Bonchev–Trinajstić information content (AvgIpc) is 3.20. The number of alkyl halides is 3. The zero-order chi connectivity index (χ0) is 15.0. The zero-order valence-corrected chi connectivity index (χ0v) is 13.2. The summed E-state index contributed by atoms with van der Waals surface area (Å²) >= 11 is 3.42. The van der Waals surface area contributed by atoms with E-state index in [2.05, 4.69) is 37.9 Å². The lowest BCUT2D eigenvalue weighted by Crippen LogP contribution is -2.47. The molecule has 1 heterocycles. The van der Waals surface area contributed by atoms with E-state index in [0.717, 1.165) is 30.7 Å². The number of nitrogens with zero attached hydrogens (tertiary/aromatic N) is 2. The first kappa shape index (κ1) is 15.2. The predicted molar refractivity (Wildman–Crippen MR) is 80.4 cm³/mol. The van der Waals surface area contributed by atoms with Crippen LogP contribution in [0.4, 0.5) is 18.9 Å². The van der Waals surface area contributed by atoms with E-state index in [-0.39, 0.29) is 5.92 Å². The summed E-state index contributed by atoms with van der Waals surface area (Å²) in [6.45, 7) is 4.04. The summed E-state index contributed by atoms with van der Waals surface area (Å²) in [6.07, 6.45) is -3.68. The van der Waals surface area contributed by atoms with E-state index in [1.54, 1.807) is 0 Å². The molecule has 2 unspecified atom stereocenters. The molecule has 1 aromatic carbocycles. The van der Waals surface area contributed by atoms with Gasteiger partial charge in [-0.15, -0.1) is 0 Å². The standard InChI is InChI=1S/C15H18BrF3N2/c16-12-1-3-13(4-2-12)21-7-5-20(6-8-21)10-11-9-14(11)15(17,18)19/h1-4,11,14H,5-10H2. The highest BCUT2D eigenvalue weighted by Crippen LogP contribution is 2.50. The molecule has 1 aliphatic heterocycles. The van der Waals surface area contributed by atoms with Crippen LogP contribution in [0, 0.1) is 11.8 Å². The van der Waals surface area contributed by atoms with E-state index >= 15 is 0 Å². The second-order valence-corrected chi connectivity index (χ2v) is 6.82. The molecule has 0 N–H and O–H groups in total. The summed E-state index contributed by atoms with van der Waals surface area (Å²) < 4.78 is 38.6. The van der Waals surface area contributed by atoms with Crippen molar-refractivity contribution in [3.8, 4) is 0 Å². The smallest absolute Gasteiger partial charge is 0.369 e. The number of anilines is 1. The van der Waals surface area contributed by atoms with Crippen LogP contribution < -0.4 is 4.90 Å². The van der Waals surface area contributed by atoms with Crippen LogP contribution in [0.2, 0.25) is 0 Å². The van der Waals surface area contributed by atoms with E-state index in [1.165, 1.54) is 5.69 Å². The molecule has 1 aromatic rings. The lowest BCUT2D eigenvalue weighted by Gasteiger charge is -2.36. The molecule has 0 radical (unpaired) electrons. The van der Waals surface area contributed by atoms with Crippen LogP contribution >= 0.6 is 15.9 Å². The van der Waals surface area contributed by atoms with Crippen molar-refractivity contribution < 1.29 is 13.2 Å². The molecule has 116 valence electrons. The maximum Gasteiger partial charge on any atom is 0.392 e. The van der Waals surface area contributed by atoms with Crippen molar-refractivity contribution in [2.24, 2.45) is 11.8 Å². The first-order valence-electron chi connectivity index (χ1n) is 7.23. The number of hydrogen-bond acceptors (Lipinski definition) is 2. The van der Waals surface area contributed by atoms with Crippen molar-refractivity contribution >= 4 is 21.6 Å². The van der Waals surface area contributed by atoms with Crippen LogP contribution in [-0.4, -0.2) is 43.8 Å². The van der Waals surface area contributed by atoms with E-state index in [9.17, 15) is 13.2 Å². The van der Waals surface area contributed by atoms with Crippen LogP contribution in [0.15, 0.2) is 28.7 Å². The van der Waals surface area contributed by atoms with Crippen molar-refractivity contribution in [3.63, 3.8) is 0 Å². The summed E-state index contributed by atoms with van der Waals surface area (Å²) in [5.74, 6) is -1.23. The zero-order valence-electron chi connectivity index (χ0n) is 11.6. The summed E-state index contributed by atoms with van der Waals surface area (Å²) in [5, 5.41) is 0. The third kappa shape index (κ3) is 3.72. The Balaban J connectivity index is 1.47. The molecule has 0 aromatic heterocycles. The minimum absolute atomic E-state index is 0.177. The monoisotopic (exact) mass is 362 g/mol. The minimum atomic E-state index is -4.00. The van der Waals surface area contributed by atoms with Crippen molar-refractivity contribution in [2.45, 2.75) is 12.6 Å². The maximum absolute atomic E-state index is 12.5. The Kier molecular flexibility index (Phi) is 4.19. The van der Waals surface area contributed by atoms with E-state index < -0.39 is 12.1 Å². The molecule has 0 amide bonds. The maximum atomic E-state index is 12.5. The second kappa shape index (κ2) is 5.80. The van der Waals surface area contributed by atoms with Gasteiger partial charge in [-0.05, 0) is 36.6 Å². The minimum Gasteiger partial charge on any atom is -0.369 e. The number of hydrogen-bond donors (Lipinski definition) is 0. The number of benzene rings is 1. The molecule has 3 rings (SSSR count).